The third-order valence-corrected chi connectivity index (χ3v) is 2.99. The molecule has 1 heterocycles. The minimum absolute atomic E-state index is 0.140. The lowest BCUT2D eigenvalue weighted by molar-refractivity contribution is -0.137. The summed E-state index contributed by atoms with van der Waals surface area (Å²) in [5, 5.41) is 0.748. The molecule has 0 radical (unpaired) electrons. The Morgan fingerprint density at radius 3 is 2.52 bits per heavy atom. The van der Waals surface area contributed by atoms with E-state index in [2.05, 4.69) is 4.98 Å². The molecule has 0 N–H and O–H groups in total. The van der Waals surface area contributed by atoms with Gasteiger partial charge in [0.2, 0.25) is 0 Å². The summed E-state index contributed by atoms with van der Waals surface area (Å²) in [6.07, 6.45) is -2.74. The Morgan fingerprint density at radius 2 is 1.71 bits per heavy atom. The maximum absolute atomic E-state index is 12.7. The lowest BCUT2D eigenvalue weighted by Crippen LogP contribution is -2.04. The molecule has 3 aromatic rings. The van der Waals surface area contributed by atoms with Crippen LogP contribution in [0.1, 0.15) is 5.56 Å². The molecule has 0 fully saturated rings. The van der Waals surface area contributed by atoms with Crippen LogP contribution in [0.15, 0.2) is 60.8 Å². The lowest BCUT2D eigenvalue weighted by Gasteiger charge is -2.11. The molecule has 0 aliphatic rings. The maximum Gasteiger partial charge on any atom is 0.416 e. The topological polar surface area (TPSA) is 22.1 Å². The molecule has 106 valence electrons. The largest absolute Gasteiger partial charge is 0.457 e. The van der Waals surface area contributed by atoms with Crippen molar-refractivity contribution in [1.82, 2.24) is 4.98 Å². The molecule has 5 heteroatoms. The minimum atomic E-state index is -4.39. The fourth-order valence-electron chi connectivity index (χ4n) is 2.03. The van der Waals surface area contributed by atoms with E-state index in [1.165, 1.54) is 12.1 Å². The van der Waals surface area contributed by atoms with Crippen molar-refractivity contribution in [1.29, 1.82) is 0 Å². The van der Waals surface area contributed by atoms with Gasteiger partial charge in [0, 0.05) is 11.6 Å². The van der Waals surface area contributed by atoms with Crippen molar-refractivity contribution in [2.45, 2.75) is 6.18 Å². The zero-order chi connectivity index (χ0) is 14.9. The van der Waals surface area contributed by atoms with Crippen molar-refractivity contribution >= 4 is 10.9 Å². The van der Waals surface area contributed by atoms with Crippen molar-refractivity contribution in [2.24, 2.45) is 0 Å². The highest BCUT2D eigenvalue weighted by Gasteiger charge is 2.30. The van der Waals surface area contributed by atoms with Gasteiger partial charge in [0.15, 0.2) is 0 Å². The summed E-state index contributed by atoms with van der Waals surface area (Å²) in [6, 6.07) is 13.6. The molecule has 2 aromatic carbocycles. The van der Waals surface area contributed by atoms with E-state index >= 15 is 0 Å². The fraction of sp³-hybridized carbons (Fsp3) is 0.0625. The standard InChI is InChI=1S/C16H10F3NO/c17-16(18,19)11-4-1-5-12(10-11)21-15-8-2-7-14-13(15)6-3-9-20-14/h1-10H. The second-order valence-electron chi connectivity index (χ2n) is 4.45. The number of rotatable bonds is 2. The van der Waals surface area contributed by atoms with Crippen LogP contribution < -0.4 is 4.74 Å². The van der Waals surface area contributed by atoms with Crippen molar-refractivity contribution < 1.29 is 17.9 Å². The number of halogens is 3. The van der Waals surface area contributed by atoms with Gasteiger partial charge in [-0.2, -0.15) is 13.2 Å². The van der Waals surface area contributed by atoms with Gasteiger partial charge in [-0.05, 0) is 42.5 Å². The summed E-state index contributed by atoms with van der Waals surface area (Å²) in [4.78, 5) is 4.18. The average Bonchev–Trinajstić information content (AvgIpc) is 2.47. The van der Waals surface area contributed by atoms with E-state index in [1.807, 2.05) is 12.1 Å². The number of fused-ring (bicyclic) bond motifs is 1. The second-order valence-corrected chi connectivity index (χ2v) is 4.45. The van der Waals surface area contributed by atoms with Crippen molar-refractivity contribution in [2.75, 3.05) is 0 Å². The highest BCUT2D eigenvalue weighted by molar-refractivity contribution is 5.85. The molecule has 0 aliphatic carbocycles. The lowest BCUT2D eigenvalue weighted by atomic mass is 10.2. The van der Waals surface area contributed by atoms with E-state index in [4.69, 9.17) is 4.74 Å². The first-order valence-electron chi connectivity index (χ1n) is 6.23. The second kappa shape index (κ2) is 5.09. The first-order valence-corrected chi connectivity index (χ1v) is 6.23. The molecule has 0 atom stereocenters. The summed E-state index contributed by atoms with van der Waals surface area (Å²) in [5.74, 6) is 0.612. The number of alkyl halides is 3. The third kappa shape index (κ3) is 2.81. The van der Waals surface area contributed by atoms with Gasteiger partial charge in [0.1, 0.15) is 11.5 Å². The predicted octanol–water partition coefficient (Wildman–Crippen LogP) is 5.05. The molecule has 2 nitrogen and oxygen atoms in total. The molecular weight excluding hydrogens is 279 g/mol. The molecule has 0 unspecified atom stereocenters. The zero-order valence-corrected chi connectivity index (χ0v) is 10.8. The molecule has 1 aromatic heterocycles. The van der Waals surface area contributed by atoms with Crippen molar-refractivity contribution in [3.05, 3.63) is 66.4 Å². The van der Waals surface area contributed by atoms with Gasteiger partial charge in [0.25, 0.3) is 0 Å². The minimum Gasteiger partial charge on any atom is -0.457 e. The molecule has 0 saturated heterocycles. The number of pyridine rings is 1. The SMILES string of the molecule is FC(F)(F)c1cccc(Oc2cccc3ncccc23)c1. The Labute approximate surface area is 118 Å². The summed E-state index contributed by atoms with van der Waals surface area (Å²) < 4.78 is 43.7. The van der Waals surface area contributed by atoms with Crippen LogP contribution in [0.3, 0.4) is 0 Å². The van der Waals surface area contributed by atoms with E-state index in [9.17, 15) is 13.2 Å². The van der Waals surface area contributed by atoms with Crippen molar-refractivity contribution in [3.8, 4) is 11.5 Å². The Bertz CT molecular complexity index is 778. The van der Waals surface area contributed by atoms with Crippen molar-refractivity contribution in [3.63, 3.8) is 0 Å². The van der Waals surface area contributed by atoms with Crippen LogP contribution in [0, 0.1) is 0 Å². The van der Waals surface area contributed by atoms with E-state index in [-0.39, 0.29) is 5.75 Å². The first-order chi connectivity index (χ1) is 10.0. The number of hydrogen-bond donors (Lipinski definition) is 0. The average molecular weight is 289 g/mol. The van der Waals surface area contributed by atoms with Gasteiger partial charge in [-0.1, -0.05) is 12.1 Å². The van der Waals surface area contributed by atoms with Crippen LogP contribution >= 0.6 is 0 Å². The van der Waals surface area contributed by atoms with Crippen LogP contribution in [0.2, 0.25) is 0 Å². The van der Waals surface area contributed by atoms with Crippen LogP contribution in [0.4, 0.5) is 13.2 Å². The first kappa shape index (κ1) is 13.4. The zero-order valence-electron chi connectivity index (χ0n) is 10.8. The highest BCUT2D eigenvalue weighted by Crippen LogP contribution is 2.34. The number of aromatic nitrogens is 1. The van der Waals surface area contributed by atoms with Crippen LogP contribution in [-0.2, 0) is 6.18 Å². The van der Waals surface area contributed by atoms with Crippen LogP contribution in [-0.4, -0.2) is 4.98 Å². The quantitative estimate of drug-likeness (QED) is 0.659. The number of ether oxygens (including phenoxy) is 1. The van der Waals surface area contributed by atoms with Gasteiger partial charge in [0.05, 0.1) is 11.1 Å². The Hall–Kier alpha value is -2.56. The van der Waals surface area contributed by atoms with Gasteiger partial charge < -0.3 is 4.74 Å². The normalized spacial score (nSPS) is 11.6. The van der Waals surface area contributed by atoms with Crippen LogP contribution in [0.5, 0.6) is 11.5 Å². The summed E-state index contributed by atoms with van der Waals surface area (Å²) in [6.45, 7) is 0. The number of nitrogens with zero attached hydrogens (tertiary/aromatic N) is 1. The Balaban J connectivity index is 1.99. The molecule has 21 heavy (non-hydrogen) atoms. The van der Waals surface area contributed by atoms with Gasteiger partial charge in [-0.25, -0.2) is 0 Å². The highest BCUT2D eigenvalue weighted by atomic mass is 19.4. The van der Waals surface area contributed by atoms with Crippen LogP contribution in [0.25, 0.3) is 10.9 Å². The monoisotopic (exact) mass is 289 g/mol. The molecule has 0 saturated carbocycles. The summed E-state index contributed by atoms with van der Waals surface area (Å²) >= 11 is 0. The Morgan fingerprint density at radius 1 is 0.905 bits per heavy atom. The number of benzene rings is 2. The van der Waals surface area contributed by atoms with E-state index in [0.717, 1.165) is 23.0 Å². The molecular formula is C16H10F3NO. The van der Waals surface area contributed by atoms with E-state index < -0.39 is 11.7 Å². The smallest absolute Gasteiger partial charge is 0.416 e. The summed E-state index contributed by atoms with van der Waals surface area (Å²) in [5.41, 5.74) is -0.0136. The summed E-state index contributed by atoms with van der Waals surface area (Å²) in [7, 11) is 0. The molecule has 0 aliphatic heterocycles. The number of hydrogen-bond acceptors (Lipinski definition) is 2. The molecule has 0 spiro atoms. The third-order valence-electron chi connectivity index (χ3n) is 2.99. The van der Waals surface area contributed by atoms with Gasteiger partial charge >= 0.3 is 6.18 Å². The Kier molecular flexibility index (Phi) is 3.25. The maximum atomic E-state index is 12.7. The molecule has 3 rings (SSSR count). The van der Waals surface area contributed by atoms with Gasteiger partial charge in [-0.3, -0.25) is 4.98 Å². The van der Waals surface area contributed by atoms with Gasteiger partial charge in [-0.15, -0.1) is 0 Å². The molecule has 0 amide bonds. The molecule has 0 bridgehead atoms. The van der Waals surface area contributed by atoms with E-state index in [1.54, 1.807) is 24.4 Å². The fourth-order valence-corrected chi connectivity index (χ4v) is 2.03. The predicted molar refractivity (Wildman–Crippen MR) is 73.3 cm³/mol. The van der Waals surface area contributed by atoms with E-state index in [0.29, 0.717) is 5.75 Å².